The largest absolute Gasteiger partial charge is 0.0594 e. The van der Waals surface area contributed by atoms with E-state index < -0.39 is 0 Å². The molecule has 0 aromatic heterocycles. The summed E-state index contributed by atoms with van der Waals surface area (Å²) in [4.78, 5) is 0. The zero-order valence-electron chi connectivity index (χ0n) is 65.8. The van der Waals surface area contributed by atoms with Crippen LogP contribution >= 0.6 is 0 Å². The van der Waals surface area contributed by atoms with Crippen molar-refractivity contribution >= 4 is 587 Å². The second-order valence-electron chi connectivity index (χ2n) is 37.2. The lowest BCUT2D eigenvalue weighted by molar-refractivity contribution is 3.14. The molecule has 0 aliphatic carbocycles. The number of rotatable bonds is 40. The van der Waals surface area contributed by atoms with Crippen LogP contribution in [-0.2, 0) is 0 Å². The van der Waals surface area contributed by atoms with E-state index in [0.717, 1.165) is 0 Å². The van der Waals surface area contributed by atoms with Crippen LogP contribution < -0.4 is 0 Å². The van der Waals surface area contributed by atoms with Crippen LogP contribution in [-0.4, -0.2) is 587 Å². The highest BCUT2D eigenvalue weighted by molar-refractivity contribution is 8.42. The van der Waals surface area contributed by atoms with Gasteiger partial charge in [-0.2, -0.15) is 0 Å². The molecule has 0 atom stereocenters. The molecule has 0 aliphatic heterocycles. The molecule has 0 aromatic rings. The molecule has 0 N–H and O–H groups in total. The van der Waals surface area contributed by atoms with E-state index in [1.165, 1.54) is 7.06 Å². The Balaban J connectivity index is 13.0. The molecule has 83 heavy (non-hydrogen) atoms. The summed E-state index contributed by atoms with van der Waals surface area (Å²) in [5, 5.41) is 0. The summed E-state index contributed by atoms with van der Waals surface area (Å²) >= 11 is 0. The van der Waals surface area contributed by atoms with Gasteiger partial charge in [0, 0.05) is 262 Å². The summed E-state index contributed by atoms with van der Waals surface area (Å²) in [6.45, 7) is 0. The molecule has 0 rings (SSSR count). The molecule has 334 valence electrons. The van der Waals surface area contributed by atoms with E-state index in [1.54, 1.807) is 0 Å². The Kier molecular flexibility index (Phi) is 43.5. The standard InChI is InChI=1S/B83H85/c1-43-64(42)75(65(44(2)3)45(4)5)80(74(62(38)39)63(40)41)83(81(76(66(46(6)7)47(8)9)67(48(10)11)49(12)13)77(68(50(14)15)51(16)17)69(52(18)19)53(20)21)82(78(70(54(22)23)55(24)25)71(56(26)27)57(28)29)79(72(58(30)31)59(32)33)73(60(34)35)61(36)37/h43H,1-42H2. The van der Waals surface area contributed by atoms with E-state index in [1.807, 2.05) is 0 Å². The molecular formula is H85B83. The Morgan fingerprint density at radius 3 is 0.265 bits per heavy atom. The lowest BCUT2D eigenvalue weighted by atomic mass is 8.20. The highest BCUT2D eigenvalue weighted by atomic mass is 13.5. The molecule has 0 nitrogen and oxygen atoms in total. The van der Waals surface area contributed by atoms with E-state index in [2.05, 4.69) is 325 Å². The molecule has 0 aliphatic rings. The fourth-order valence-corrected chi connectivity index (χ4v) is 24.0. The van der Waals surface area contributed by atoms with Gasteiger partial charge >= 0.3 is 0 Å². The first-order chi connectivity index (χ1) is 37.8. The minimum Gasteiger partial charge on any atom is 0.00000261 e. The maximum Gasteiger partial charge on any atom is 0.0594 e. The average molecular weight is 983 g/mol. The van der Waals surface area contributed by atoms with Crippen molar-refractivity contribution in [3.63, 3.8) is 0 Å². The Morgan fingerprint density at radius 2 is 0.181 bits per heavy atom. The molecule has 0 radical (unpaired) electrons. The highest BCUT2D eigenvalue weighted by Crippen LogP contribution is 2.28. The first kappa shape index (κ1) is 88.4. The predicted molar refractivity (Wildman–Crippen MR) is 596 cm³/mol. The molecule has 0 aromatic carbocycles. The maximum absolute atomic E-state index is 2.83. The van der Waals surface area contributed by atoms with Gasteiger partial charge in [0.25, 0.3) is 0 Å². The molecule has 0 amide bonds. The summed E-state index contributed by atoms with van der Waals surface area (Å²) in [7, 11) is 116. The second kappa shape index (κ2) is 40.8. The third-order valence-electron chi connectivity index (χ3n) is 24.7. The Morgan fingerprint density at radius 1 is 0.108 bits per heavy atom. The van der Waals surface area contributed by atoms with Gasteiger partial charge in [0.2, 0.25) is 0 Å². The molecule has 0 heterocycles. The van der Waals surface area contributed by atoms with Gasteiger partial charge in [0.15, 0.2) is 0 Å². The zero-order chi connectivity index (χ0) is 65.8. The van der Waals surface area contributed by atoms with Crippen LogP contribution in [0.5, 0.6) is 0 Å². The van der Waals surface area contributed by atoms with E-state index in [0.29, 0.717) is 255 Å². The van der Waals surface area contributed by atoms with Gasteiger partial charge in [0.05, 0.1) is 325 Å². The van der Waals surface area contributed by atoms with Crippen LogP contribution in [0, 0.1) is 0 Å². The summed E-state index contributed by atoms with van der Waals surface area (Å²) < 4.78 is 0. The molecule has 0 spiro atoms. The van der Waals surface area contributed by atoms with Crippen molar-refractivity contribution in [1.29, 1.82) is 0 Å². The predicted octanol–water partition coefficient (Wildman–Crippen LogP) is -54.4. The smallest absolute Gasteiger partial charge is 0.00000261 e. The van der Waals surface area contributed by atoms with Crippen molar-refractivity contribution < 1.29 is 0 Å². The Labute approximate surface area is 581 Å². The maximum atomic E-state index is 2.83. The van der Waals surface area contributed by atoms with Gasteiger partial charge in [-0.1, -0.05) is 0 Å². The van der Waals surface area contributed by atoms with Gasteiger partial charge in [-0.05, 0) is 0 Å². The van der Waals surface area contributed by atoms with Crippen molar-refractivity contribution in [1.82, 2.24) is 0 Å². The highest BCUT2D eigenvalue weighted by Gasteiger charge is 2.67. The van der Waals surface area contributed by atoms with Crippen LogP contribution in [0.4, 0.5) is 0 Å². The summed E-state index contributed by atoms with van der Waals surface area (Å²) in [5.74, 6) is 0. The van der Waals surface area contributed by atoms with Gasteiger partial charge in [-0.3, -0.25) is 0 Å². The molecule has 0 saturated carbocycles. The minimum absolute atomic E-state index is 0.508. The van der Waals surface area contributed by atoms with Gasteiger partial charge < -0.3 is 0 Å². The number of hydrogen-bond donors (Lipinski definition) is 0. The van der Waals surface area contributed by atoms with Crippen LogP contribution in [0.1, 0.15) is 0 Å². The fraction of sp³-hybridized carbons (Fsp3) is 0. The van der Waals surface area contributed by atoms with Gasteiger partial charge in [-0.15, -0.1) is 0 Å². The molecule has 0 unspecified atom stereocenters. The minimum atomic E-state index is 0.508. The van der Waals surface area contributed by atoms with Crippen molar-refractivity contribution in [2.75, 3.05) is 0 Å². The van der Waals surface area contributed by atoms with Crippen LogP contribution in [0.25, 0.3) is 0 Å². The molecule has 0 fully saturated rings. The molecule has 83 heteroatoms. The first-order valence-corrected chi connectivity index (χ1v) is 37.8. The van der Waals surface area contributed by atoms with Crippen LogP contribution in [0.3, 0.4) is 0 Å². The van der Waals surface area contributed by atoms with Crippen molar-refractivity contribution in [2.24, 2.45) is 0 Å². The lowest BCUT2D eigenvalue weighted by Gasteiger charge is -2.61. The van der Waals surface area contributed by atoms with Gasteiger partial charge in [-0.25, -0.2) is 0 Å². The lowest BCUT2D eigenvalue weighted by Crippen LogP contribution is -3.00. The first-order valence-electron chi connectivity index (χ1n) is 37.8. The van der Waals surface area contributed by atoms with E-state index in [4.69, 9.17) is 0 Å². The summed E-state index contributed by atoms with van der Waals surface area (Å²) in [6, 6.07) is 0. The summed E-state index contributed by atoms with van der Waals surface area (Å²) in [5.41, 5.74) is 0. The van der Waals surface area contributed by atoms with E-state index >= 15 is 0 Å². The average Bonchev–Trinajstić information content (AvgIpc) is 3.26. The summed E-state index contributed by atoms with van der Waals surface area (Å²) in [6.07, 6.45) is 23.0. The van der Waals surface area contributed by atoms with Crippen molar-refractivity contribution in [2.45, 2.75) is 0 Å². The normalized spacial score (nSPS) is 9.78. The Hall–Kier alpha value is 5.39. The zero-order valence-corrected chi connectivity index (χ0v) is 65.8. The van der Waals surface area contributed by atoms with Crippen molar-refractivity contribution in [3.8, 4) is 0 Å². The third kappa shape index (κ3) is 23.9. The van der Waals surface area contributed by atoms with Gasteiger partial charge in [0.1, 0.15) is 0 Å². The monoisotopic (exact) mass is 999 g/mol. The molecule has 0 saturated heterocycles. The topological polar surface area (TPSA) is 0 Å². The number of hydrogen-bond acceptors (Lipinski definition) is 0. The Bertz CT molecular complexity index is 1290. The van der Waals surface area contributed by atoms with Crippen LogP contribution in [0.2, 0.25) is 0 Å². The SMILES string of the molecule is BBB(B)B(B(B(B)B)B(B)B)B(B(B(B)B)B(B)B)B(B(B(B(B(B)B)B(B)B)B(B(B)B)B(B)B)B(B(B(B)B)B(B)B)B(B(B)B)B(B)B)B(B(B(B(B)B)B(B)B)B(B(B)B)B(B)B)B(B(B(B)B)B(B)B)B(B(B)B)B(B)B. The second-order valence-corrected chi connectivity index (χ2v) is 37.2. The van der Waals surface area contributed by atoms with Crippen LogP contribution in [0.15, 0.2) is 0 Å². The quantitative estimate of drug-likeness (QED) is 0.0537. The molecule has 0 bridgehead atoms. The van der Waals surface area contributed by atoms with Crippen molar-refractivity contribution in [3.05, 3.63) is 0 Å². The van der Waals surface area contributed by atoms with E-state index in [-0.39, 0.29) is 0 Å². The van der Waals surface area contributed by atoms with E-state index in [9.17, 15) is 0 Å². The fourth-order valence-electron chi connectivity index (χ4n) is 24.0. The third-order valence-corrected chi connectivity index (χ3v) is 24.7. The molecular weight excluding hydrogens is 897 g/mol.